The third-order valence-corrected chi connectivity index (χ3v) is 3.30. The molecule has 1 N–H and O–H groups in total. The van der Waals surface area contributed by atoms with E-state index in [4.69, 9.17) is 9.52 Å². The number of hydrogen-bond donors (Lipinski definition) is 1. The van der Waals surface area contributed by atoms with Crippen LogP contribution in [0.15, 0.2) is 34.9 Å². The Bertz CT molecular complexity index is 606. The first kappa shape index (κ1) is 11.8. The van der Waals surface area contributed by atoms with E-state index in [0.29, 0.717) is 12.4 Å². The summed E-state index contributed by atoms with van der Waals surface area (Å²) in [5, 5.41) is 8.81. The first-order valence-corrected chi connectivity index (χ1v) is 6.25. The smallest absolute Gasteiger partial charge is 0.373 e. The lowest BCUT2D eigenvalue weighted by Gasteiger charge is -2.30. The van der Waals surface area contributed by atoms with E-state index in [1.807, 2.05) is 12.1 Å². The van der Waals surface area contributed by atoms with Crippen LogP contribution in [0.25, 0.3) is 0 Å². The summed E-state index contributed by atoms with van der Waals surface area (Å²) in [5.41, 5.74) is 2.50. The minimum absolute atomic E-state index is 0.111. The molecule has 2 heterocycles. The lowest BCUT2D eigenvalue weighted by molar-refractivity contribution is 0.0660. The molecule has 0 aliphatic carbocycles. The number of nitrogens with zero attached hydrogens (tertiary/aromatic N) is 2. The number of carboxylic acid groups (broad SMARTS) is 1. The third kappa shape index (κ3) is 2.31. The fourth-order valence-electron chi connectivity index (χ4n) is 2.42. The van der Waals surface area contributed by atoms with Crippen LogP contribution in [-0.2, 0) is 13.0 Å². The third-order valence-electron chi connectivity index (χ3n) is 3.30. The van der Waals surface area contributed by atoms with Gasteiger partial charge in [-0.3, -0.25) is 0 Å². The molecule has 2 aromatic rings. The van der Waals surface area contributed by atoms with E-state index in [0.717, 1.165) is 19.4 Å². The van der Waals surface area contributed by atoms with Gasteiger partial charge in [0.05, 0.1) is 12.7 Å². The molecule has 19 heavy (non-hydrogen) atoms. The number of anilines is 1. The fraction of sp³-hybridized carbons (Fsp3) is 0.286. The van der Waals surface area contributed by atoms with Gasteiger partial charge in [0.25, 0.3) is 0 Å². The van der Waals surface area contributed by atoms with Gasteiger partial charge in [-0.05, 0) is 24.5 Å². The molecule has 98 valence electrons. The predicted molar refractivity (Wildman–Crippen MR) is 69.3 cm³/mol. The standard InChI is InChI=1S/C14H14N2O3/c17-14(18)12-8-15-13(19-12)9-16-7-3-5-10-4-1-2-6-11(10)16/h1-2,4,6,8H,3,5,7,9H2,(H,17,18). The largest absolute Gasteiger partial charge is 0.475 e. The number of carboxylic acids is 1. The van der Waals surface area contributed by atoms with Gasteiger partial charge in [0, 0.05) is 12.2 Å². The summed E-state index contributed by atoms with van der Waals surface area (Å²) in [7, 11) is 0. The van der Waals surface area contributed by atoms with Crippen molar-refractivity contribution in [3.63, 3.8) is 0 Å². The van der Waals surface area contributed by atoms with E-state index in [9.17, 15) is 4.79 Å². The van der Waals surface area contributed by atoms with E-state index >= 15 is 0 Å². The van der Waals surface area contributed by atoms with Crippen LogP contribution in [0.1, 0.15) is 28.4 Å². The Hall–Kier alpha value is -2.30. The maximum atomic E-state index is 10.8. The number of hydrogen-bond acceptors (Lipinski definition) is 4. The van der Waals surface area contributed by atoms with E-state index < -0.39 is 5.97 Å². The zero-order valence-electron chi connectivity index (χ0n) is 10.4. The van der Waals surface area contributed by atoms with Gasteiger partial charge >= 0.3 is 5.97 Å². The Morgan fingerprint density at radius 3 is 3.05 bits per heavy atom. The minimum atomic E-state index is -1.09. The highest BCUT2D eigenvalue weighted by Crippen LogP contribution is 2.27. The van der Waals surface area contributed by atoms with E-state index in [1.54, 1.807) is 0 Å². The summed E-state index contributed by atoms with van der Waals surface area (Å²) in [5.74, 6) is -0.757. The molecule has 0 saturated carbocycles. The monoisotopic (exact) mass is 258 g/mol. The maximum Gasteiger partial charge on any atom is 0.373 e. The average Bonchev–Trinajstić information content (AvgIpc) is 2.88. The maximum absolute atomic E-state index is 10.8. The van der Waals surface area contributed by atoms with E-state index in [1.165, 1.54) is 17.4 Å². The molecule has 1 aliphatic heterocycles. The van der Waals surface area contributed by atoms with E-state index in [-0.39, 0.29) is 5.76 Å². The molecule has 0 bridgehead atoms. The Morgan fingerprint density at radius 1 is 1.42 bits per heavy atom. The quantitative estimate of drug-likeness (QED) is 0.915. The molecule has 5 nitrogen and oxygen atoms in total. The second kappa shape index (κ2) is 4.76. The molecule has 3 rings (SSSR count). The molecule has 0 amide bonds. The molecule has 1 aromatic heterocycles. The van der Waals surface area contributed by atoms with Crippen LogP contribution in [0, 0.1) is 0 Å². The van der Waals surface area contributed by atoms with Crippen molar-refractivity contribution in [1.82, 2.24) is 4.98 Å². The number of fused-ring (bicyclic) bond motifs is 1. The Labute approximate surface area is 110 Å². The molecule has 1 aliphatic rings. The van der Waals surface area contributed by atoms with Crippen molar-refractivity contribution in [2.75, 3.05) is 11.4 Å². The van der Waals surface area contributed by atoms with Crippen molar-refractivity contribution in [3.8, 4) is 0 Å². The Morgan fingerprint density at radius 2 is 2.26 bits per heavy atom. The van der Waals surface area contributed by atoms with Gasteiger partial charge in [-0.1, -0.05) is 18.2 Å². The van der Waals surface area contributed by atoms with Crippen LogP contribution in [0.4, 0.5) is 5.69 Å². The first-order valence-electron chi connectivity index (χ1n) is 6.25. The molecule has 0 unspecified atom stereocenters. The summed E-state index contributed by atoms with van der Waals surface area (Å²) in [6, 6.07) is 8.25. The second-order valence-corrected chi connectivity index (χ2v) is 4.58. The van der Waals surface area contributed by atoms with Crippen LogP contribution >= 0.6 is 0 Å². The summed E-state index contributed by atoms with van der Waals surface area (Å²) >= 11 is 0. The van der Waals surface area contributed by atoms with Crippen molar-refractivity contribution in [3.05, 3.63) is 47.7 Å². The van der Waals surface area contributed by atoms with Gasteiger partial charge in [-0.15, -0.1) is 0 Å². The van der Waals surface area contributed by atoms with Crippen LogP contribution in [0.2, 0.25) is 0 Å². The number of para-hydroxylation sites is 1. The molecule has 0 radical (unpaired) electrons. The molecule has 0 saturated heterocycles. The number of carbonyl (C=O) groups is 1. The Balaban J connectivity index is 1.82. The molecular formula is C14H14N2O3. The lowest BCUT2D eigenvalue weighted by atomic mass is 10.0. The molecular weight excluding hydrogens is 244 g/mol. The van der Waals surface area contributed by atoms with Crippen LogP contribution in [-0.4, -0.2) is 22.6 Å². The van der Waals surface area contributed by atoms with E-state index in [2.05, 4.69) is 22.0 Å². The number of benzene rings is 1. The van der Waals surface area contributed by atoms with Gasteiger partial charge in [0.15, 0.2) is 0 Å². The summed E-state index contributed by atoms with van der Waals surface area (Å²) < 4.78 is 5.21. The molecule has 0 spiro atoms. The number of aryl methyl sites for hydroxylation is 1. The summed E-state index contributed by atoms with van der Waals surface area (Å²) in [4.78, 5) is 16.9. The number of oxazole rings is 1. The number of aromatic carboxylic acids is 1. The van der Waals surface area contributed by atoms with Gasteiger partial charge in [-0.25, -0.2) is 9.78 Å². The molecule has 1 aromatic carbocycles. The SMILES string of the molecule is O=C(O)c1cnc(CN2CCCc3ccccc32)o1. The topological polar surface area (TPSA) is 66.6 Å². The predicted octanol–water partition coefficient (Wildman–Crippen LogP) is 2.33. The van der Waals surface area contributed by atoms with Gasteiger partial charge in [0.2, 0.25) is 11.7 Å². The highest BCUT2D eigenvalue weighted by Gasteiger charge is 2.19. The minimum Gasteiger partial charge on any atom is -0.475 e. The average molecular weight is 258 g/mol. The first-order chi connectivity index (χ1) is 9.24. The lowest BCUT2D eigenvalue weighted by Crippen LogP contribution is -2.28. The van der Waals surface area contributed by atoms with Crippen molar-refractivity contribution < 1.29 is 14.3 Å². The van der Waals surface area contributed by atoms with Crippen LogP contribution in [0.5, 0.6) is 0 Å². The molecule has 0 atom stereocenters. The second-order valence-electron chi connectivity index (χ2n) is 4.58. The van der Waals surface area contributed by atoms with Crippen molar-refractivity contribution in [1.29, 1.82) is 0 Å². The summed E-state index contributed by atoms with van der Waals surface area (Å²) in [6.45, 7) is 1.44. The highest BCUT2D eigenvalue weighted by molar-refractivity contribution is 5.83. The highest BCUT2D eigenvalue weighted by atomic mass is 16.4. The zero-order valence-corrected chi connectivity index (χ0v) is 10.4. The molecule has 5 heteroatoms. The van der Waals surface area contributed by atoms with Crippen molar-refractivity contribution in [2.45, 2.75) is 19.4 Å². The van der Waals surface area contributed by atoms with Gasteiger partial charge in [0.1, 0.15) is 0 Å². The van der Waals surface area contributed by atoms with Crippen LogP contribution in [0.3, 0.4) is 0 Å². The van der Waals surface area contributed by atoms with Gasteiger partial charge < -0.3 is 14.4 Å². The fourth-order valence-corrected chi connectivity index (χ4v) is 2.42. The Kier molecular flexibility index (Phi) is 2.95. The molecule has 0 fully saturated rings. The normalized spacial score (nSPS) is 14.2. The number of aromatic nitrogens is 1. The number of rotatable bonds is 3. The zero-order chi connectivity index (χ0) is 13.2. The van der Waals surface area contributed by atoms with Crippen LogP contribution < -0.4 is 4.90 Å². The van der Waals surface area contributed by atoms with Crippen molar-refractivity contribution >= 4 is 11.7 Å². The summed E-state index contributed by atoms with van der Waals surface area (Å²) in [6.07, 6.45) is 3.43. The van der Waals surface area contributed by atoms with Crippen molar-refractivity contribution in [2.24, 2.45) is 0 Å². The van der Waals surface area contributed by atoms with Gasteiger partial charge in [-0.2, -0.15) is 0 Å².